The van der Waals surface area contributed by atoms with Crippen molar-refractivity contribution in [1.82, 2.24) is 9.80 Å². The zero-order chi connectivity index (χ0) is 25.1. The van der Waals surface area contributed by atoms with E-state index in [0.717, 1.165) is 35.1 Å². The number of nitrogens with zero attached hydrogens (tertiary/aromatic N) is 2. The number of ether oxygens (including phenoxy) is 2. The summed E-state index contributed by atoms with van der Waals surface area (Å²) in [4.78, 5) is 41.4. The molecule has 0 unspecified atom stereocenters. The molecule has 2 heterocycles. The monoisotopic (exact) mass is 514 g/mol. The number of thioether (sulfide) groups is 1. The minimum absolute atomic E-state index is 0.0466. The van der Waals surface area contributed by atoms with Gasteiger partial charge in [0.1, 0.15) is 6.54 Å². The number of imide groups is 1. The topological polar surface area (TPSA) is 76.2 Å². The second-order valence-electron chi connectivity index (χ2n) is 8.47. The Kier molecular flexibility index (Phi) is 7.72. The van der Waals surface area contributed by atoms with Gasteiger partial charge in [0.05, 0.1) is 23.1 Å². The van der Waals surface area contributed by atoms with Gasteiger partial charge in [0, 0.05) is 13.1 Å². The predicted octanol–water partition coefficient (Wildman–Crippen LogP) is 5.15. The second kappa shape index (κ2) is 10.7. The van der Waals surface area contributed by atoms with Crippen LogP contribution in [0.3, 0.4) is 0 Å². The van der Waals surface area contributed by atoms with E-state index in [1.165, 1.54) is 12.7 Å². The molecule has 3 amide bonds. The quantitative estimate of drug-likeness (QED) is 0.476. The summed E-state index contributed by atoms with van der Waals surface area (Å²) >= 11 is 7.24. The minimum atomic E-state index is -0.499. The second-order valence-corrected chi connectivity index (χ2v) is 9.87. The smallest absolute Gasteiger partial charge is 0.294 e. The summed E-state index contributed by atoms with van der Waals surface area (Å²) in [6, 6.07) is 11.3. The van der Waals surface area contributed by atoms with Crippen molar-refractivity contribution in [3.63, 3.8) is 0 Å². The van der Waals surface area contributed by atoms with Crippen molar-refractivity contribution in [3.8, 4) is 11.5 Å². The average Bonchev–Trinajstić information content (AvgIpc) is 3.12. The van der Waals surface area contributed by atoms with Crippen molar-refractivity contribution in [2.24, 2.45) is 0 Å². The third kappa shape index (κ3) is 5.49. The number of fused-ring (bicyclic) bond motifs is 1. The van der Waals surface area contributed by atoms with Crippen molar-refractivity contribution < 1.29 is 23.9 Å². The zero-order valence-electron chi connectivity index (χ0n) is 19.9. The molecule has 2 aromatic rings. The standard InChI is InChI=1S/C26H27ClN2O5S/c1-4-16(2)34-24-20(27)11-17(12-21(24)33-3)13-22-25(31)29(26(32)35-22)15-23(30)28-10-9-18-7-5-6-8-19(18)14-28/h5-8,11-13,16H,4,9-10,14-15H2,1-3H3/b22-13-/t16-/m1/s1. The molecular formula is C26H27ClN2O5S. The van der Waals surface area contributed by atoms with Gasteiger partial charge in [-0.1, -0.05) is 42.8 Å². The molecule has 7 nitrogen and oxygen atoms in total. The highest BCUT2D eigenvalue weighted by Gasteiger charge is 2.37. The number of hydrogen-bond donors (Lipinski definition) is 0. The van der Waals surface area contributed by atoms with Gasteiger partial charge in [-0.25, -0.2) is 0 Å². The Bertz CT molecular complexity index is 1200. The first kappa shape index (κ1) is 25.1. The van der Waals surface area contributed by atoms with Crippen LogP contribution in [0.25, 0.3) is 6.08 Å². The Labute approximate surface area is 214 Å². The fourth-order valence-electron chi connectivity index (χ4n) is 3.95. The normalized spacial score (nSPS) is 17.5. The lowest BCUT2D eigenvalue weighted by molar-refractivity contribution is -0.136. The van der Waals surface area contributed by atoms with E-state index in [4.69, 9.17) is 21.1 Å². The van der Waals surface area contributed by atoms with Crippen molar-refractivity contribution >= 4 is 46.5 Å². The van der Waals surface area contributed by atoms with Crippen molar-refractivity contribution in [3.05, 3.63) is 63.0 Å². The molecule has 2 aromatic carbocycles. The minimum Gasteiger partial charge on any atom is -0.493 e. The molecule has 0 aromatic heterocycles. The van der Waals surface area contributed by atoms with Crippen LogP contribution in [0.2, 0.25) is 5.02 Å². The van der Waals surface area contributed by atoms with E-state index in [-0.39, 0.29) is 23.5 Å². The molecule has 9 heteroatoms. The zero-order valence-corrected chi connectivity index (χ0v) is 21.4. The molecule has 0 saturated carbocycles. The number of hydrogen-bond acceptors (Lipinski definition) is 6. The van der Waals surface area contributed by atoms with Crippen LogP contribution in [0.15, 0.2) is 41.3 Å². The molecule has 0 N–H and O–H groups in total. The van der Waals surface area contributed by atoms with Crippen molar-refractivity contribution in [2.75, 3.05) is 20.2 Å². The molecule has 1 saturated heterocycles. The summed E-state index contributed by atoms with van der Waals surface area (Å²) < 4.78 is 11.3. The lowest BCUT2D eigenvalue weighted by Crippen LogP contribution is -2.44. The first-order chi connectivity index (χ1) is 16.8. The first-order valence-corrected chi connectivity index (χ1v) is 12.6. The third-order valence-electron chi connectivity index (χ3n) is 6.09. The van der Waals surface area contributed by atoms with Gasteiger partial charge in [0.15, 0.2) is 11.5 Å². The summed E-state index contributed by atoms with van der Waals surface area (Å²) in [6.07, 6.45) is 3.09. The highest BCUT2D eigenvalue weighted by atomic mass is 35.5. The molecule has 0 radical (unpaired) electrons. The maximum absolute atomic E-state index is 13.0. The number of rotatable bonds is 7. The van der Waals surface area contributed by atoms with E-state index in [1.54, 1.807) is 23.1 Å². The fraction of sp³-hybridized carbons (Fsp3) is 0.346. The van der Waals surface area contributed by atoms with Crippen LogP contribution < -0.4 is 9.47 Å². The maximum Gasteiger partial charge on any atom is 0.294 e. The summed E-state index contributed by atoms with van der Waals surface area (Å²) in [6.45, 7) is 4.69. The van der Waals surface area contributed by atoms with E-state index < -0.39 is 11.1 Å². The molecule has 2 aliphatic rings. The molecule has 35 heavy (non-hydrogen) atoms. The fourth-order valence-corrected chi connectivity index (χ4v) is 5.06. The SMILES string of the molecule is CC[C@@H](C)Oc1c(Cl)cc(/C=C2\SC(=O)N(CC(=O)N3CCc4ccccc4C3)C2=O)cc1OC. The van der Waals surface area contributed by atoms with Gasteiger partial charge in [0.25, 0.3) is 11.1 Å². The van der Waals surface area contributed by atoms with Crippen LogP contribution in [0, 0.1) is 0 Å². The highest BCUT2D eigenvalue weighted by molar-refractivity contribution is 8.18. The van der Waals surface area contributed by atoms with E-state index in [0.29, 0.717) is 35.2 Å². The van der Waals surface area contributed by atoms with Gasteiger partial charge in [-0.3, -0.25) is 19.3 Å². The molecule has 184 valence electrons. The molecule has 1 atom stereocenters. The van der Waals surface area contributed by atoms with Crippen LogP contribution in [0.1, 0.15) is 37.0 Å². The lowest BCUT2D eigenvalue weighted by atomic mass is 10.00. The summed E-state index contributed by atoms with van der Waals surface area (Å²) in [5.74, 6) is 0.117. The van der Waals surface area contributed by atoms with Crippen LogP contribution in [0.4, 0.5) is 4.79 Å². The molecule has 1 fully saturated rings. The Morgan fingerprint density at radius 1 is 1.23 bits per heavy atom. The first-order valence-electron chi connectivity index (χ1n) is 11.4. The van der Waals surface area contributed by atoms with Gasteiger partial charge >= 0.3 is 0 Å². The molecular weight excluding hydrogens is 488 g/mol. The lowest BCUT2D eigenvalue weighted by Gasteiger charge is -2.29. The molecule has 0 bridgehead atoms. The number of benzene rings is 2. The van der Waals surface area contributed by atoms with E-state index >= 15 is 0 Å². The number of halogens is 1. The largest absolute Gasteiger partial charge is 0.493 e. The number of methoxy groups -OCH3 is 1. The van der Waals surface area contributed by atoms with Gasteiger partial charge in [-0.05, 0) is 66.4 Å². The summed E-state index contributed by atoms with van der Waals surface area (Å²) in [5.41, 5.74) is 2.90. The van der Waals surface area contributed by atoms with Crippen molar-refractivity contribution in [1.29, 1.82) is 0 Å². The van der Waals surface area contributed by atoms with E-state index in [2.05, 4.69) is 6.07 Å². The van der Waals surface area contributed by atoms with Crippen LogP contribution in [0.5, 0.6) is 11.5 Å². The number of carbonyl (C=O) groups excluding carboxylic acids is 3. The molecule has 0 aliphatic carbocycles. The number of carbonyl (C=O) groups is 3. The maximum atomic E-state index is 13.0. The van der Waals surface area contributed by atoms with E-state index in [1.807, 2.05) is 32.0 Å². The molecule has 2 aliphatic heterocycles. The number of amides is 3. The van der Waals surface area contributed by atoms with Crippen LogP contribution >= 0.6 is 23.4 Å². The highest BCUT2D eigenvalue weighted by Crippen LogP contribution is 2.39. The van der Waals surface area contributed by atoms with Crippen LogP contribution in [-0.4, -0.2) is 53.2 Å². The van der Waals surface area contributed by atoms with Gasteiger partial charge in [-0.15, -0.1) is 0 Å². The Morgan fingerprint density at radius 3 is 2.69 bits per heavy atom. The van der Waals surface area contributed by atoms with E-state index in [9.17, 15) is 14.4 Å². The Hall–Kier alpha value is -2.97. The Balaban J connectivity index is 1.48. The van der Waals surface area contributed by atoms with Gasteiger partial charge < -0.3 is 14.4 Å². The summed E-state index contributed by atoms with van der Waals surface area (Å²) in [7, 11) is 1.51. The van der Waals surface area contributed by atoms with Crippen LogP contribution in [-0.2, 0) is 22.6 Å². The molecule has 0 spiro atoms. The van der Waals surface area contributed by atoms with Gasteiger partial charge in [0.2, 0.25) is 5.91 Å². The predicted molar refractivity (Wildman–Crippen MR) is 137 cm³/mol. The average molecular weight is 515 g/mol. The van der Waals surface area contributed by atoms with Crippen molar-refractivity contribution in [2.45, 2.75) is 39.3 Å². The third-order valence-corrected chi connectivity index (χ3v) is 7.28. The summed E-state index contributed by atoms with van der Waals surface area (Å²) in [5, 5.41) is -0.127. The molecule has 4 rings (SSSR count). The van der Waals surface area contributed by atoms with Gasteiger partial charge in [-0.2, -0.15) is 0 Å². The Morgan fingerprint density at radius 2 is 1.97 bits per heavy atom.